The van der Waals surface area contributed by atoms with Crippen molar-refractivity contribution in [1.29, 1.82) is 0 Å². The number of nitrogens with zero attached hydrogens (tertiary/aromatic N) is 1. The number of rotatable bonds is 5. The minimum Gasteiger partial charge on any atom is -0.761 e. The van der Waals surface area contributed by atoms with Crippen LogP contribution < -0.4 is 5.48 Å². The molecule has 1 rings (SSSR count). The third-order valence-corrected chi connectivity index (χ3v) is 2.15. The quantitative estimate of drug-likeness (QED) is 0.628. The molecule has 0 saturated carbocycles. The number of benzene rings is 1. The van der Waals surface area contributed by atoms with Gasteiger partial charge in [0.15, 0.2) is 0 Å². The number of hydrogen-bond donors (Lipinski definition) is 1. The third-order valence-electron chi connectivity index (χ3n) is 2.15. The highest BCUT2D eigenvalue weighted by atomic mass is 16.6. The molecule has 1 N–H and O–H groups in total. The fourth-order valence-electron chi connectivity index (χ4n) is 1.19. The second kappa shape index (κ2) is 6.55. The maximum atomic E-state index is 11.4. The summed E-state index contributed by atoms with van der Waals surface area (Å²) >= 11 is 0. The van der Waals surface area contributed by atoms with Crippen molar-refractivity contribution in [2.75, 3.05) is 19.1 Å². The van der Waals surface area contributed by atoms with Crippen LogP contribution in [0.5, 0.6) is 0 Å². The summed E-state index contributed by atoms with van der Waals surface area (Å²) < 4.78 is 5.06. The zero-order valence-corrected chi connectivity index (χ0v) is 9.68. The maximum absolute atomic E-state index is 11.4. The Labute approximate surface area is 100 Å². The molecule has 0 heterocycles. The van der Waals surface area contributed by atoms with Crippen molar-refractivity contribution in [2.45, 2.75) is 6.61 Å². The van der Waals surface area contributed by atoms with E-state index in [2.05, 4.69) is 6.58 Å². The smallest absolute Gasteiger partial charge is 0.410 e. The Balaban J connectivity index is 2.44. The fraction of sp³-hybridized carbons (Fsp3) is 0.250. The lowest BCUT2D eigenvalue weighted by Crippen LogP contribution is -2.27. The van der Waals surface area contributed by atoms with Gasteiger partial charge >= 0.3 is 6.09 Å². The van der Waals surface area contributed by atoms with Gasteiger partial charge in [0.1, 0.15) is 6.61 Å². The van der Waals surface area contributed by atoms with E-state index in [0.29, 0.717) is 12.2 Å². The Hall–Kier alpha value is -2.01. The summed E-state index contributed by atoms with van der Waals surface area (Å²) in [4.78, 5) is 12.8. The molecule has 0 aromatic heterocycles. The third kappa shape index (κ3) is 4.16. The highest BCUT2D eigenvalue weighted by molar-refractivity contribution is 5.67. The summed E-state index contributed by atoms with van der Waals surface area (Å²) in [5, 5.41) is 10.3. The van der Waals surface area contributed by atoms with E-state index in [1.807, 2.05) is 0 Å². The largest absolute Gasteiger partial charge is 0.761 e. The predicted octanol–water partition coefficient (Wildman–Crippen LogP) is 2.35. The van der Waals surface area contributed by atoms with E-state index in [0.717, 1.165) is 5.56 Å². The molecule has 5 heteroatoms. The van der Waals surface area contributed by atoms with Crippen molar-refractivity contribution in [1.82, 2.24) is 4.90 Å². The van der Waals surface area contributed by atoms with E-state index < -0.39 is 6.09 Å². The Bertz CT molecular complexity index is 376. The molecule has 0 aliphatic carbocycles. The molecule has 5 nitrogen and oxygen atoms in total. The van der Waals surface area contributed by atoms with Gasteiger partial charge in [0.05, 0.1) is 0 Å². The molecule has 0 aliphatic rings. The highest BCUT2D eigenvalue weighted by Crippen LogP contribution is 2.10. The standard InChI is InChI=1S/C12H15N2O3/c1-3-8-14(2)12(15)17-9-10-4-6-11(13-16)7-5-10/h3-7,13H,1,8-9H2,2H3/q-1. The van der Waals surface area contributed by atoms with Crippen LogP contribution in [0, 0.1) is 5.21 Å². The topological polar surface area (TPSA) is 64.6 Å². The van der Waals surface area contributed by atoms with Gasteiger partial charge in [0, 0.05) is 19.3 Å². The van der Waals surface area contributed by atoms with Gasteiger partial charge < -0.3 is 20.3 Å². The number of nitrogens with one attached hydrogen (secondary N) is 1. The van der Waals surface area contributed by atoms with Crippen LogP contribution in [-0.4, -0.2) is 24.6 Å². The molecule has 0 spiro atoms. The van der Waals surface area contributed by atoms with Crippen LogP contribution in [0.3, 0.4) is 0 Å². The fourth-order valence-corrected chi connectivity index (χ4v) is 1.19. The lowest BCUT2D eigenvalue weighted by molar-refractivity contribution is 0.108. The molecule has 0 fully saturated rings. The minimum atomic E-state index is -0.407. The van der Waals surface area contributed by atoms with E-state index in [4.69, 9.17) is 4.74 Å². The van der Waals surface area contributed by atoms with Gasteiger partial charge in [0.2, 0.25) is 0 Å². The maximum Gasteiger partial charge on any atom is 0.410 e. The Morgan fingerprint density at radius 3 is 2.71 bits per heavy atom. The van der Waals surface area contributed by atoms with Gasteiger partial charge in [-0.1, -0.05) is 18.2 Å². The summed E-state index contributed by atoms with van der Waals surface area (Å²) in [5.41, 5.74) is 3.08. The van der Waals surface area contributed by atoms with Crippen molar-refractivity contribution < 1.29 is 9.53 Å². The Morgan fingerprint density at radius 2 is 2.18 bits per heavy atom. The second-order valence-electron chi connectivity index (χ2n) is 3.52. The molecule has 0 atom stereocenters. The van der Waals surface area contributed by atoms with Gasteiger partial charge in [0.25, 0.3) is 0 Å². The van der Waals surface area contributed by atoms with E-state index >= 15 is 0 Å². The van der Waals surface area contributed by atoms with Crippen molar-refractivity contribution in [2.24, 2.45) is 0 Å². The molecule has 92 valence electrons. The van der Waals surface area contributed by atoms with Gasteiger partial charge in [-0.15, -0.1) is 6.58 Å². The molecule has 0 aliphatic heterocycles. The summed E-state index contributed by atoms with van der Waals surface area (Å²) in [6, 6.07) is 6.70. The zero-order valence-electron chi connectivity index (χ0n) is 9.68. The van der Waals surface area contributed by atoms with Crippen LogP contribution in [0.2, 0.25) is 0 Å². The normalized spacial score (nSPS) is 9.53. The number of ether oxygens (including phenoxy) is 1. The lowest BCUT2D eigenvalue weighted by atomic mass is 10.2. The van der Waals surface area contributed by atoms with Gasteiger partial charge in [-0.2, -0.15) is 0 Å². The van der Waals surface area contributed by atoms with E-state index in [1.165, 1.54) is 4.90 Å². The van der Waals surface area contributed by atoms with Crippen LogP contribution >= 0.6 is 0 Å². The zero-order chi connectivity index (χ0) is 12.7. The summed E-state index contributed by atoms with van der Waals surface area (Å²) in [6.45, 7) is 4.16. The predicted molar refractivity (Wildman–Crippen MR) is 66.4 cm³/mol. The molecule has 1 aromatic carbocycles. The molecule has 17 heavy (non-hydrogen) atoms. The molecule has 0 unspecified atom stereocenters. The van der Waals surface area contributed by atoms with Crippen molar-refractivity contribution in [3.8, 4) is 0 Å². The molecular weight excluding hydrogens is 220 g/mol. The number of likely N-dealkylation sites (N-methyl/N-ethyl adjacent to an activating group) is 1. The first kappa shape index (κ1) is 13.1. The Morgan fingerprint density at radius 1 is 1.53 bits per heavy atom. The van der Waals surface area contributed by atoms with Crippen LogP contribution in [-0.2, 0) is 11.3 Å². The van der Waals surface area contributed by atoms with Gasteiger partial charge in [-0.3, -0.25) is 0 Å². The average molecular weight is 235 g/mol. The first-order valence-corrected chi connectivity index (χ1v) is 5.13. The number of amides is 1. The van der Waals surface area contributed by atoms with Gasteiger partial charge in [-0.05, 0) is 17.7 Å². The van der Waals surface area contributed by atoms with Crippen LogP contribution in [0.1, 0.15) is 5.56 Å². The molecule has 1 aromatic rings. The van der Waals surface area contributed by atoms with E-state index in [-0.39, 0.29) is 6.61 Å². The Kier molecular flexibility index (Phi) is 5.03. The number of carbonyl (C=O) groups is 1. The first-order valence-electron chi connectivity index (χ1n) is 5.13. The summed E-state index contributed by atoms with van der Waals surface area (Å²) in [5.74, 6) is 0. The van der Waals surface area contributed by atoms with E-state index in [9.17, 15) is 10.0 Å². The van der Waals surface area contributed by atoms with E-state index in [1.54, 1.807) is 42.9 Å². The first-order chi connectivity index (χ1) is 8.17. The monoisotopic (exact) mass is 235 g/mol. The molecule has 1 amide bonds. The van der Waals surface area contributed by atoms with Crippen molar-refractivity contribution >= 4 is 11.8 Å². The highest BCUT2D eigenvalue weighted by Gasteiger charge is 2.07. The average Bonchev–Trinajstić information content (AvgIpc) is 2.36. The summed E-state index contributed by atoms with van der Waals surface area (Å²) in [6.07, 6.45) is 1.21. The molecular formula is C12H15N2O3-. The van der Waals surface area contributed by atoms with Crippen molar-refractivity contribution in [3.05, 3.63) is 47.7 Å². The van der Waals surface area contributed by atoms with Gasteiger partial charge in [-0.25, -0.2) is 4.79 Å². The lowest BCUT2D eigenvalue weighted by Gasteiger charge is -2.15. The molecule has 0 bridgehead atoms. The van der Waals surface area contributed by atoms with Crippen molar-refractivity contribution in [3.63, 3.8) is 0 Å². The summed E-state index contributed by atoms with van der Waals surface area (Å²) in [7, 11) is 1.63. The van der Waals surface area contributed by atoms with Crippen LogP contribution in [0.25, 0.3) is 0 Å². The SMILES string of the molecule is C=CCN(C)C(=O)OCc1ccc(N[O-])cc1. The van der Waals surface area contributed by atoms with Crippen LogP contribution in [0.4, 0.5) is 10.5 Å². The second-order valence-corrected chi connectivity index (χ2v) is 3.52. The molecule has 0 radical (unpaired) electrons. The number of anilines is 1. The minimum absolute atomic E-state index is 0.180. The molecule has 0 saturated heterocycles. The van der Waals surface area contributed by atoms with Crippen LogP contribution in [0.15, 0.2) is 36.9 Å². The number of carbonyl (C=O) groups excluding carboxylic acids is 1. The number of hydrogen-bond acceptors (Lipinski definition) is 4.